The van der Waals surface area contributed by atoms with Gasteiger partial charge in [0.1, 0.15) is 0 Å². The fourth-order valence-electron chi connectivity index (χ4n) is 4.45. The highest BCUT2D eigenvalue weighted by Gasteiger charge is 2.26. The largest absolute Gasteiger partial charge is 0.379 e. The topological polar surface area (TPSA) is 48.6 Å². The molecule has 1 atom stereocenters. The number of aromatic amines is 1. The van der Waals surface area contributed by atoms with Gasteiger partial charge in [0.2, 0.25) is 5.91 Å². The van der Waals surface area contributed by atoms with E-state index in [0.717, 1.165) is 63.4 Å². The summed E-state index contributed by atoms with van der Waals surface area (Å²) in [5, 5.41) is 1.21. The van der Waals surface area contributed by atoms with Crippen LogP contribution in [0.3, 0.4) is 0 Å². The Hall–Kier alpha value is -1.85. The number of rotatable bonds is 4. The Bertz CT molecular complexity index is 764. The Kier molecular flexibility index (Phi) is 5.27. The zero-order valence-corrected chi connectivity index (χ0v) is 15.7. The van der Waals surface area contributed by atoms with E-state index in [1.807, 2.05) is 6.20 Å². The van der Waals surface area contributed by atoms with Gasteiger partial charge in [-0.2, -0.15) is 0 Å². The molecule has 1 N–H and O–H groups in total. The summed E-state index contributed by atoms with van der Waals surface area (Å²) in [6.45, 7) is 8.75. The van der Waals surface area contributed by atoms with E-state index < -0.39 is 0 Å². The SMILES string of the molecule is Cc1cccc2[nH]cc(CC(=O)N3CCC[C@H](CN4CCOCC4)C3)c12. The number of hydrogen-bond donors (Lipinski definition) is 1. The van der Waals surface area contributed by atoms with Crippen molar-refractivity contribution < 1.29 is 9.53 Å². The Morgan fingerprint density at radius 2 is 2.12 bits per heavy atom. The van der Waals surface area contributed by atoms with Gasteiger partial charge in [-0.15, -0.1) is 0 Å². The molecule has 1 aromatic carbocycles. The van der Waals surface area contributed by atoms with Crippen LogP contribution >= 0.6 is 0 Å². The average Bonchev–Trinajstić information content (AvgIpc) is 3.07. The number of nitrogens with one attached hydrogen (secondary N) is 1. The molecule has 0 aliphatic carbocycles. The van der Waals surface area contributed by atoms with Crippen molar-refractivity contribution >= 4 is 16.8 Å². The number of aryl methyl sites for hydroxylation is 1. The minimum absolute atomic E-state index is 0.265. The summed E-state index contributed by atoms with van der Waals surface area (Å²) in [5.74, 6) is 0.858. The van der Waals surface area contributed by atoms with Crippen LogP contribution in [0.1, 0.15) is 24.0 Å². The Labute approximate surface area is 155 Å². The molecular formula is C21H29N3O2. The number of carbonyl (C=O) groups excluding carboxylic acids is 1. The van der Waals surface area contributed by atoms with Gasteiger partial charge in [-0.25, -0.2) is 0 Å². The fourth-order valence-corrected chi connectivity index (χ4v) is 4.45. The number of H-pyrrole nitrogens is 1. The lowest BCUT2D eigenvalue weighted by Gasteiger charge is -2.36. The third kappa shape index (κ3) is 3.79. The van der Waals surface area contributed by atoms with Crippen LogP contribution in [0.15, 0.2) is 24.4 Å². The molecule has 4 rings (SSSR count). The third-order valence-electron chi connectivity index (χ3n) is 5.83. The summed E-state index contributed by atoms with van der Waals surface area (Å²) in [4.78, 5) is 20.8. The molecule has 5 heteroatoms. The molecule has 0 spiro atoms. The van der Waals surface area contributed by atoms with Gasteiger partial charge >= 0.3 is 0 Å². The van der Waals surface area contributed by atoms with Crippen LogP contribution in [0.25, 0.3) is 10.9 Å². The number of aromatic nitrogens is 1. The number of hydrogen-bond acceptors (Lipinski definition) is 3. The van der Waals surface area contributed by atoms with Crippen molar-refractivity contribution in [2.75, 3.05) is 45.9 Å². The number of fused-ring (bicyclic) bond motifs is 1. The number of amides is 1. The second-order valence-electron chi connectivity index (χ2n) is 7.75. The second kappa shape index (κ2) is 7.80. The van der Waals surface area contributed by atoms with Gasteiger partial charge in [0.05, 0.1) is 19.6 Å². The Balaban J connectivity index is 1.39. The van der Waals surface area contributed by atoms with Crippen LogP contribution in [0.2, 0.25) is 0 Å². The van der Waals surface area contributed by atoms with Crippen LogP contribution in [0, 0.1) is 12.8 Å². The third-order valence-corrected chi connectivity index (χ3v) is 5.83. The molecule has 0 bridgehead atoms. The maximum Gasteiger partial charge on any atom is 0.227 e. The van der Waals surface area contributed by atoms with E-state index in [9.17, 15) is 4.79 Å². The minimum Gasteiger partial charge on any atom is -0.379 e. The van der Waals surface area contributed by atoms with E-state index in [-0.39, 0.29) is 5.91 Å². The van der Waals surface area contributed by atoms with Crippen molar-refractivity contribution in [3.8, 4) is 0 Å². The van der Waals surface area contributed by atoms with Crippen molar-refractivity contribution in [3.05, 3.63) is 35.5 Å². The zero-order valence-electron chi connectivity index (χ0n) is 15.7. The van der Waals surface area contributed by atoms with Crippen molar-refractivity contribution in [2.24, 2.45) is 5.92 Å². The molecule has 2 aliphatic rings. The Morgan fingerprint density at radius 1 is 1.27 bits per heavy atom. The predicted molar refractivity (Wildman–Crippen MR) is 103 cm³/mol. The fraction of sp³-hybridized carbons (Fsp3) is 0.571. The van der Waals surface area contributed by atoms with Gasteiger partial charge in [0, 0.05) is 49.8 Å². The number of piperidine rings is 1. The second-order valence-corrected chi connectivity index (χ2v) is 7.75. The van der Waals surface area contributed by atoms with E-state index in [1.165, 1.54) is 17.4 Å². The predicted octanol–water partition coefficient (Wildman–Crippen LogP) is 2.59. The first kappa shape index (κ1) is 17.6. The first-order valence-electron chi connectivity index (χ1n) is 9.84. The summed E-state index contributed by atoms with van der Waals surface area (Å²) in [7, 11) is 0. The molecule has 1 aromatic heterocycles. The molecule has 0 saturated carbocycles. The van der Waals surface area contributed by atoms with Crippen LogP contribution in [-0.2, 0) is 16.0 Å². The van der Waals surface area contributed by atoms with E-state index >= 15 is 0 Å². The lowest BCUT2D eigenvalue weighted by atomic mass is 9.96. The highest BCUT2D eigenvalue weighted by molar-refractivity contribution is 5.91. The zero-order chi connectivity index (χ0) is 17.9. The van der Waals surface area contributed by atoms with Crippen molar-refractivity contribution in [1.82, 2.24) is 14.8 Å². The van der Waals surface area contributed by atoms with E-state index in [2.05, 4.69) is 39.9 Å². The van der Waals surface area contributed by atoms with Crippen LogP contribution in [0.5, 0.6) is 0 Å². The summed E-state index contributed by atoms with van der Waals surface area (Å²) < 4.78 is 5.44. The highest BCUT2D eigenvalue weighted by atomic mass is 16.5. The van der Waals surface area contributed by atoms with Gasteiger partial charge in [0.25, 0.3) is 0 Å². The molecular weight excluding hydrogens is 326 g/mol. The monoisotopic (exact) mass is 355 g/mol. The van der Waals surface area contributed by atoms with Crippen molar-refractivity contribution in [2.45, 2.75) is 26.2 Å². The standard InChI is InChI=1S/C21H29N3O2/c1-16-4-2-6-19-21(16)18(13-22-19)12-20(25)24-7-3-5-17(15-24)14-23-8-10-26-11-9-23/h2,4,6,13,17,22H,3,5,7-12,14-15H2,1H3/t17-/m1/s1. The minimum atomic E-state index is 0.265. The molecule has 0 unspecified atom stereocenters. The lowest BCUT2D eigenvalue weighted by molar-refractivity contribution is -0.132. The van der Waals surface area contributed by atoms with Gasteiger partial charge in [-0.3, -0.25) is 9.69 Å². The lowest BCUT2D eigenvalue weighted by Crippen LogP contribution is -2.46. The number of carbonyl (C=O) groups is 1. The first-order chi connectivity index (χ1) is 12.7. The molecule has 1 amide bonds. The van der Waals surface area contributed by atoms with Crippen molar-refractivity contribution in [1.29, 1.82) is 0 Å². The van der Waals surface area contributed by atoms with Crippen LogP contribution in [0.4, 0.5) is 0 Å². The molecule has 140 valence electrons. The summed E-state index contributed by atoms with van der Waals surface area (Å²) in [6.07, 6.45) is 4.85. The van der Waals surface area contributed by atoms with Gasteiger partial charge < -0.3 is 14.6 Å². The maximum atomic E-state index is 12.9. The normalized spacial score (nSPS) is 22.0. The molecule has 2 aliphatic heterocycles. The summed E-state index contributed by atoms with van der Waals surface area (Å²) in [6, 6.07) is 6.25. The quantitative estimate of drug-likeness (QED) is 0.917. The first-order valence-corrected chi connectivity index (χ1v) is 9.84. The van der Waals surface area contributed by atoms with Crippen LogP contribution < -0.4 is 0 Å². The maximum absolute atomic E-state index is 12.9. The number of nitrogens with zero attached hydrogens (tertiary/aromatic N) is 2. The van der Waals surface area contributed by atoms with Crippen LogP contribution in [-0.4, -0.2) is 66.6 Å². The molecule has 5 nitrogen and oxygen atoms in total. The van der Waals surface area contributed by atoms with Crippen molar-refractivity contribution in [3.63, 3.8) is 0 Å². The summed E-state index contributed by atoms with van der Waals surface area (Å²) in [5.41, 5.74) is 3.48. The molecule has 3 heterocycles. The number of ether oxygens (including phenoxy) is 1. The molecule has 0 radical (unpaired) electrons. The molecule has 26 heavy (non-hydrogen) atoms. The number of benzene rings is 1. The van der Waals surface area contributed by atoms with Gasteiger partial charge in [-0.05, 0) is 42.9 Å². The van der Waals surface area contributed by atoms with Gasteiger partial charge in [-0.1, -0.05) is 12.1 Å². The average molecular weight is 355 g/mol. The van der Waals surface area contributed by atoms with E-state index in [1.54, 1.807) is 0 Å². The van der Waals surface area contributed by atoms with Gasteiger partial charge in [0.15, 0.2) is 0 Å². The smallest absolute Gasteiger partial charge is 0.227 e. The van der Waals surface area contributed by atoms with E-state index in [0.29, 0.717) is 12.3 Å². The highest BCUT2D eigenvalue weighted by Crippen LogP contribution is 2.24. The summed E-state index contributed by atoms with van der Waals surface area (Å²) >= 11 is 0. The molecule has 2 fully saturated rings. The molecule has 2 aromatic rings. The van der Waals surface area contributed by atoms with E-state index in [4.69, 9.17) is 4.74 Å². The number of morpholine rings is 1. The Morgan fingerprint density at radius 3 is 2.96 bits per heavy atom. The number of likely N-dealkylation sites (tertiary alicyclic amines) is 1. The molecule has 2 saturated heterocycles.